The molecule has 1 aromatic heterocycles. The molecule has 0 radical (unpaired) electrons. The molecule has 0 saturated carbocycles. The second-order valence-electron chi connectivity index (χ2n) is 3.75. The van der Waals surface area contributed by atoms with Crippen molar-refractivity contribution in [1.29, 1.82) is 0 Å². The zero-order chi connectivity index (χ0) is 12.0. The molecule has 1 atom stereocenters. The van der Waals surface area contributed by atoms with Gasteiger partial charge in [0.1, 0.15) is 9.84 Å². The third-order valence-electron chi connectivity index (χ3n) is 2.14. The van der Waals surface area contributed by atoms with Crippen LogP contribution in [-0.2, 0) is 9.84 Å². The second kappa shape index (κ2) is 6.27. The lowest BCUT2D eigenvalue weighted by Gasteiger charge is -2.15. The highest BCUT2D eigenvalue weighted by Crippen LogP contribution is 2.19. The fraction of sp³-hybridized carbons (Fsp3) is 0.778. The minimum atomic E-state index is -2.91. The topological polar surface area (TPSA) is 72.0 Å². The molecule has 0 aliphatic heterocycles. The number of nitrogens with zero attached hydrogens (tertiary/aromatic N) is 2. The van der Waals surface area contributed by atoms with Crippen molar-refractivity contribution in [2.45, 2.75) is 25.8 Å². The summed E-state index contributed by atoms with van der Waals surface area (Å²) in [4.78, 5) is 0.997. The predicted octanol–water partition coefficient (Wildman–Crippen LogP) is 1.01. The van der Waals surface area contributed by atoms with Crippen molar-refractivity contribution in [2.24, 2.45) is 0 Å². The van der Waals surface area contributed by atoms with Crippen molar-refractivity contribution in [1.82, 2.24) is 14.9 Å². The number of hydrogen-bond donors (Lipinski definition) is 1. The first-order chi connectivity index (χ1) is 7.53. The lowest BCUT2D eigenvalue weighted by Crippen LogP contribution is -2.23. The summed E-state index contributed by atoms with van der Waals surface area (Å²) in [6.45, 7) is 2.94. The maximum Gasteiger partial charge on any atom is 0.147 e. The van der Waals surface area contributed by atoms with Gasteiger partial charge in [-0.3, -0.25) is 0 Å². The van der Waals surface area contributed by atoms with Crippen LogP contribution >= 0.6 is 11.5 Å². The lowest BCUT2D eigenvalue weighted by atomic mass is 10.2. The van der Waals surface area contributed by atoms with E-state index in [0.29, 0.717) is 6.42 Å². The molecule has 1 N–H and O–H groups in total. The van der Waals surface area contributed by atoms with Gasteiger partial charge in [-0.2, -0.15) is 0 Å². The van der Waals surface area contributed by atoms with E-state index >= 15 is 0 Å². The summed E-state index contributed by atoms with van der Waals surface area (Å²) in [6.07, 6.45) is 4.54. The molecular weight excluding hydrogens is 246 g/mol. The van der Waals surface area contributed by atoms with Gasteiger partial charge in [0.05, 0.1) is 16.8 Å². The van der Waals surface area contributed by atoms with Crippen LogP contribution in [0.15, 0.2) is 6.20 Å². The molecule has 16 heavy (non-hydrogen) atoms. The third-order valence-corrected chi connectivity index (χ3v) is 3.89. The molecule has 1 aromatic rings. The SMILES string of the molecule is CCCNC(CCS(C)(=O)=O)c1cnns1. The van der Waals surface area contributed by atoms with E-state index in [9.17, 15) is 8.42 Å². The molecule has 0 amide bonds. The van der Waals surface area contributed by atoms with Gasteiger partial charge in [-0.25, -0.2) is 8.42 Å². The van der Waals surface area contributed by atoms with Gasteiger partial charge in [-0.15, -0.1) is 5.10 Å². The maximum atomic E-state index is 11.1. The maximum absolute atomic E-state index is 11.1. The summed E-state index contributed by atoms with van der Waals surface area (Å²) in [7, 11) is -2.91. The molecule has 92 valence electrons. The van der Waals surface area contributed by atoms with E-state index in [0.717, 1.165) is 17.8 Å². The average Bonchev–Trinajstić information content (AvgIpc) is 2.69. The van der Waals surface area contributed by atoms with Crippen LogP contribution in [0.25, 0.3) is 0 Å². The first kappa shape index (κ1) is 13.5. The summed E-state index contributed by atoms with van der Waals surface area (Å²) in [5.41, 5.74) is 0. The number of nitrogens with one attached hydrogen (secondary N) is 1. The fourth-order valence-corrected chi connectivity index (χ4v) is 2.60. The molecule has 7 heteroatoms. The smallest absolute Gasteiger partial charge is 0.147 e. The van der Waals surface area contributed by atoms with Crippen LogP contribution in [0, 0.1) is 0 Å². The zero-order valence-corrected chi connectivity index (χ0v) is 11.1. The summed E-state index contributed by atoms with van der Waals surface area (Å²) in [5.74, 6) is 0.187. The first-order valence-electron chi connectivity index (χ1n) is 5.21. The molecule has 0 spiro atoms. The predicted molar refractivity (Wildman–Crippen MR) is 65.3 cm³/mol. The van der Waals surface area contributed by atoms with Crippen LogP contribution in [-0.4, -0.2) is 36.6 Å². The van der Waals surface area contributed by atoms with Gasteiger partial charge in [-0.05, 0) is 30.9 Å². The van der Waals surface area contributed by atoms with Crippen molar-refractivity contribution >= 4 is 21.4 Å². The quantitative estimate of drug-likeness (QED) is 0.795. The van der Waals surface area contributed by atoms with Crippen LogP contribution in [0.5, 0.6) is 0 Å². The molecule has 5 nitrogen and oxygen atoms in total. The molecule has 0 aliphatic rings. The Balaban J connectivity index is 2.58. The Labute approximate surface area is 100 Å². The van der Waals surface area contributed by atoms with Crippen molar-refractivity contribution in [2.75, 3.05) is 18.6 Å². The normalized spacial score (nSPS) is 13.9. The largest absolute Gasteiger partial charge is 0.309 e. The monoisotopic (exact) mass is 263 g/mol. The standard InChI is InChI=1S/C9H17N3O2S2/c1-3-5-10-8(4-6-16(2,13)14)9-7-11-12-15-9/h7-8,10H,3-6H2,1-2H3. The molecule has 0 aliphatic carbocycles. The zero-order valence-electron chi connectivity index (χ0n) is 9.51. The fourth-order valence-electron chi connectivity index (χ4n) is 1.32. The number of aromatic nitrogens is 2. The van der Waals surface area contributed by atoms with E-state index < -0.39 is 9.84 Å². The lowest BCUT2D eigenvalue weighted by molar-refractivity contribution is 0.519. The highest BCUT2D eigenvalue weighted by Gasteiger charge is 2.15. The average molecular weight is 263 g/mol. The Bertz CT molecular complexity index is 389. The van der Waals surface area contributed by atoms with E-state index in [1.165, 1.54) is 17.8 Å². The molecule has 0 bridgehead atoms. The van der Waals surface area contributed by atoms with Gasteiger partial charge in [0.25, 0.3) is 0 Å². The minimum Gasteiger partial charge on any atom is -0.309 e. The molecule has 1 unspecified atom stereocenters. The Hall–Kier alpha value is -0.530. The van der Waals surface area contributed by atoms with E-state index in [4.69, 9.17) is 0 Å². The summed E-state index contributed by atoms with van der Waals surface area (Å²) in [6, 6.07) is 0.0506. The van der Waals surface area contributed by atoms with Crippen LogP contribution in [0.3, 0.4) is 0 Å². The van der Waals surface area contributed by atoms with Gasteiger partial charge >= 0.3 is 0 Å². The van der Waals surface area contributed by atoms with Gasteiger partial charge in [0.15, 0.2) is 0 Å². The van der Waals surface area contributed by atoms with Crippen LogP contribution in [0.1, 0.15) is 30.7 Å². The Morgan fingerprint density at radius 2 is 2.31 bits per heavy atom. The van der Waals surface area contributed by atoms with Crippen LogP contribution in [0.4, 0.5) is 0 Å². The number of sulfone groups is 1. The van der Waals surface area contributed by atoms with Crippen molar-refractivity contribution < 1.29 is 8.42 Å². The van der Waals surface area contributed by atoms with E-state index in [1.807, 2.05) is 0 Å². The van der Waals surface area contributed by atoms with Gasteiger partial charge in [0, 0.05) is 12.3 Å². The highest BCUT2D eigenvalue weighted by atomic mass is 32.2. The highest BCUT2D eigenvalue weighted by molar-refractivity contribution is 7.90. The van der Waals surface area contributed by atoms with Crippen molar-refractivity contribution in [3.8, 4) is 0 Å². The van der Waals surface area contributed by atoms with E-state index in [1.54, 1.807) is 6.20 Å². The summed E-state index contributed by atoms with van der Waals surface area (Å²) in [5, 5.41) is 7.09. The molecule has 0 aromatic carbocycles. The first-order valence-corrected chi connectivity index (χ1v) is 8.04. The molecule has 0 fully saturated rings. The van der Waals surface area contributed by atoms with Crippen LogP contribution in [0.2, 0.25) is 0 Å². The van der Waals surface area contributed by atoms with E-state index in [-0.39, 0.29) is 11.8 Å². The van der Waals surface area contributed by atoms with Crippen molar-refractivity contribution in [3.05, 3.63) is 11.1 Å². The number of hydrogen-bond acceptors (Lipinski definition) is 6. The molecule has 1 rings (SSSR count). The van der Waals surface area contributed by atoms with Crippen LogP contribution < -0.4 is 5.32 Å². The molecule has 1 heterocycles. The molecule has 0 saturated heterocycles. The Morgan fingerprint density at radius 1 is 1.56 bits per heavy atom. The molecular formula is C9H17N3O2S2. The van der Waals surface area contributed by atoms with Crippen molar-refractivity contribution in [3.63, 3.8) is 0 Å². The van der Waals surface area contributed by atoms with Gasteiger partial charge in [0.2, 0.25) is 0 Å². The minimum absolute atomic E-state index is 0.0506. The Kier molecular flexibility index (Phi) is 5.30. The van der Waals surface area contributed by atoms with E-state index in [2.05, 4.69) is 21.8 Å². The second-order valence-corrected chi connectivity index (χ2v) is 6.82. The third kappa shape index (κ3) is 5.00. The van der Waals surface area contributed by atoms with Gasteiger partial charge in [-0.1, -0.05) is 11.4 Å². The summed E-state index contributed by atoms with van der Waals surface area (Å²) < 4.78 is 26.0. The van der Waals surface area contributed by atoms with Gasteiger partial charge < -0.3 is 5.32 Å². The Morgan fingerprint density at radius 3 is 2.81 bits per heavy atom. The number of rotatable bonds is 7. The summed E-state index contributed by atoms with van der Waals surface area (Å²) >= 11 is 1.31.